The van der Waals surface area contributed by atoms with Gasteiger partial charge in [0.25, 0.3) is 0 Å². The summed E-state index contributed by atoms with van der Waals surface area (Å²) in [5.41, 5.74) is 5.12. The van der Waals surface area contributed by atoms with E-state index in [4.69, 9.17) is 5.11 Å². The van der Waals surface area contributed by atoms with Crippen LogP contribution in [0.1, 0.15) is 68.7 Å². The van der Waals surface area contributed by atoms with Crippen LogP contribution in [0.15, 0.2) is 58.7 Å². The number of aliphatic hydroxyl groups excluding tert-OH is 1. The molecule has 0 amide bonds. The van der Waals surface area contributed by atoms with Gasteiger partial charge in [0.05, 0.1) is 0 Å². The van der Waals surface area contributed by atoms with E-state index in [1.807, 2.05) is 32.9 Å². The maximum atomic E-state index is 10.3. The van der Waals surface area contributed by atoms with Gasteiger partial charge in [-0.15, -0.1) is 0 Å². The normalized spacial score (nSPS) is 12.3. The van der Waals surface area contributed by atoms with Crippen LogP contribution in [-0.2, 0) is 4.79 Å². The van der Waals surface area contributed by atoms with Crippen molar-refractivity contribution in [3.63, 3.8) is 0 Å². The van der Waals surface area contributed by atoms with Crippen molar-refractivity contribution < 1.29 is 9.90 Å². The number of allylic oxidation sites excluding steroid dienone is 10. The number of rotatable bonds is 7. The van der Waals surface area contributed by atoms with Crippen molar-refractivity contribution >= 4 is 6.29 Å². The third-order valence-electron chi connectivity index (χ3n) is 3.71. The van der Waals surface area contributed by atoms with Crippen LogP contribution in [0.5, 0.6) is 0 Å². The van der Waals surface area contributed by atoms with E-state index in [0.717, 1.165) is 25.4 Å². The summed E-state index contributed by atoms with van der Waals surface area (Å²) < 4.78 is 0. The molecule has 0 radical (unpaired) electrons. The Labute approximate surface area is 156 Å². The van der Waals surface area contributed by atoms with Crippen molar-refractivity contribution in [2.24, 2.45) is 5.41 Å². The van der Waals surface area contributed by atoms with Gasteiger partial charge in [-0.2, -0.15) is 0 Å². The molecule has 0 rings (SSSR count). The van der Waals surface area contributed by atoms with Gasteiger partial charge < -0.3 is 5.11 Å². The van der Waals surface area contributed by atoms with Gasteiger partial charge >= 0.3 is 0 Å². The van der Waals surface area contributed by atoms with Crippen molar-refractivity contribution in [2.45, 2.75) is 68.7 Å². The number of carbonyl (C=O) groups excluding carboxylic acids is 1. The molecule has 0 aromatic heterocycles. The second-order valence-corrected chi connectivity index (χ2v) is 6.30. The highest BCUT2D eigenvalue weighted by atomic mass is 16.2. The number of aldehydes is 1. The van der Waals surface area contributed by atoms with Crippen LogP contribution in [0.4, 0.5) is 0 Å². The van der Waals surface area contributed by atoms with E-state index in [9.17, 15) is 4.79 Å². The van der Waals surface area contributed by atoms with E-state index in [1.165, 1.54) is 16.7 Å². The molecule has 0 atom stereocenters. The van der Waals surface area contributed by atoms with E-state index in [-0.39, 0.29) is 5.41 Å². The van der Waals surface area contributed by atoms with E-state index < -0.39 is 0 Å². The Kier molecular flexibility index (Phi) is 19.3. The maximum absolute atomic E-state index is 10.3. The average molecular weight is 349 g/mol. The van der Waals surface area contributed by atoms with E-state index in [2.05, 4.69) is 59.8 Å². The largest absolute Gasteiger partial charge is 0.400 e. The zero-order valence-electron chi connectivity index (χ0n) is 18.1. The molecule has 144 valence electrons. The van der Waals surface area contributed by atoms with Crippen LogP contribution in [0.2, 0.25) is 0 Å². The van der Waals surface area contributed by atoms with E-state index in [1.54, 1.807) is 6.08 Å². The van der Waals surface area contributed by atoms with Gasteiger partial charge in [0, 0.05) is 7.11 Å². The fraction of sp³-hybridized carbons (Fsp3) is 0.522. The lowest BCUT2D eigenvalue weighted by Crippen LogP contribution is -2.13. The molecule has 0 aromatic rings. The predicted molar refractivity (Wildman–Crippen MR) is 114 cm³/mol. The molecule has 0 saturated heterocycles. The fourth-order valence-electron chi connectivity index (χ4n) is 2.04. The first-order valence-corrected chi connectivity index (χ1v) is 9.02. The summed E-state index contributed by atoms with van der Waals surface area (Å²) in [7, 11) is 1.00. The van der Waals surface area contributed by atoms with Crippen LogP contribution in [0.25, 0.3) is 0 Å². The fourth-order valence-corrected chi connectivity index (χ4v) is 2.04. The predicted octanol–water partition coefficient (Wildman–Crippen LogP) is 6.60. The first-order chi connectivity index (χ1) is 11.7. The van der Waals surface area contributed by atoms with Crippen molar-refractivity contribution in [1.29, 1.82) is 0 Å². The van der Waals surface area contributed by atoms with Gasteiger partial charge in [-0.1, -0.05) is 76.1 Å². The molecule has 2 nitrogen and oxygen atoms in total. The first-order valence-electron chi connectivity index (χ1n) is 9.02. The quantitative estimate of drug-likeness (QED) is 0.320. The molecular formula is C23H40O2. The Hall–Kier alpha value is -1.67. The van der Waals surface area contributed by atoms with Crippen LogP contribution >= 0.6 is 0 Å². The monoisotopic (exact) mass is 348 g/mol. The molecule has 2 heteroatoms. The van der Waals surface area contributed by atoms with Crippen LogP contribution in [0.3, 0.4) is 0 Å². The Morgan fingerprint density at radius 3 is 1.76 bits per heavy atom. The molecule has 0 unspecified atom stereocenters. The summed E-state index contributed by atoms with van der Waals surface area (Å²) in [6.07, 6.45) is 13.8. The maximum Gasteiger partial charge on any atom is 0.143 e. The topological polar surface area (TPSA) is 37.3 Å². The molecule has 0 fully saturated rings. The van der Waals surface area contributed by atoms with Gasteiger partial charge in [0.1, 0.15) is 6.29 Å². The van der Waals surface area contributed by atoms with Crippen molar-refractivity contribution in [3.8, 4) is 0 Å². The average Bonchev–Trinajstić information content (AvgIpc) is 2.58. The summed E-state index contributed by atoms with van der Waals surface area (Å²) in [6.45, 7) is 19.1. The standard InChI is InChI=1S/C20H30O.C2H6.CH4O/c1-8-20(6,7)19(16(2)3)13-12-17(4)10-9-11-18(5)14-15-21;2*1-2/h9-15H,8H2,1-7H3;1-2H3;2H,1H3/b11-9+,13-12+,17-10+,18-14+;;. The number of hydrogen-bond donors (Lipinski definition) is 1. The molecule has 0 bridgehead atoms. The summed E-state index contributed by atoms with van der Waals surface area (Å²) in [5, 5.41) is 7.00. The van der Waals surface area contributed by atoms with Gasteiger partial charge in [-0.25, -0.2) is 0 Å². The highest BCUT2D eigenvalue weighted by molar-refractivity contribution is 5.66. The Morgan fingerprint density at radius 2 is 1.36 bits per heavy atom. The van der Waals surface area contributed by atoms with E-state index in [0.29, 0.717) is 0 Å². The summed E-state index contributed by atoms with van der Waals surface area (Å²) >= 11 is 0. The molecule has 0 aliphatic carbocycles. The molecule has 0 saturated carbocycles. The van der Waals surface area contributed by atoms with Gasteiger partial charge in [-0.05, 0) is 56.8 Å². The Bertz CT molecular complexity index is 494. The molecule has 0 aliphatic rings. The van der Waals surface area contributed by atoms with Crippen molar-refractivity contribution in [1.82, 2.24) is 0 Å². The molecule has 0 spiro atoms. The second-order valence-electron chi connectivity index (χ2n) is 6.30. The molecular weight excluding hydrogens is 308 g/mol. The molecule has 25 heavy (non-hydrogen) atoms. The SMILES string of the molecule is CC.CCC(C)(C)C(/C=C/C(C)=C/C=C/C(C)=C/C=O)=C(C)C.CO. The number of aliphatic hydroxyl groups is 1. The lowest BCUT2D eigenvalue weighted by Gasteiger charge is -2.26. The molecule has 0 aliphatic heterocycles. The Morgan fingerprint density at radius 1 is 0.880 bits per heavy atom. The lowest BCUT2D eigenvalue weighted by atomic mass is 9.79. The summed E-state index contributed by atoms with van der Waals surface area (Å²) in [4.78, 5) is 10.3. The first kappa shape index (κ1) is 28.1. The zero-order valence-corrected chi connectivity index (χ0v) is 18.1. The molecule has 0 heterocycles. The summed E-state index contributed by atoms with van der Waals surface area (Å²) in [6, 6.07) is 0. The minimum atomic E-state index is 0.203. The van der Waals surface area contributed by atoms with Gasteiger partial charge in [-0.3, -0.25) is 4.79 Å². The second kappa shape index (κ2) is 17.2. The van der Waals surface area contributed by atoms with E-state index >= 15 is 0 Å². The number of carbonyl (C=O) groups is 1. The highest BCUT2D eigenvalue weighted by Gasteiger charge is 2.19. The van der Waals surface area contributed by atoms with Crippen LogP contribution in [0, 0.1) is 5.41 Å². The lowest BCUT2D eigenvalue weighted by molar-refractivity contribution is -0.104. The van der Waals surface area contributed by atoms with Gasteiger partial charge in [0.15, 0.2) is 0 Å². The molecule has 0 aromatic carbocycles. The third kappa shape index (κ3) is 14.4. The zero-order chi connectivity index (χ0) is 20.5. The molecule has 1 N–H and O–H groups in total. The van der Waals surface area contributed by atoms with Gasteiger partial charge in [0.2, 0.25) is 0 Å². The number of hydrogen-bond acceptors (Lipinski definition) is 2. The highest BCUT2D eigenvalue weighted by Crippen LogP contribution is 2.33. The third-order valence-corrected chi connectivity index (χ3v) is 3.71. The van der Waals surface area contributed by atoms with Crippen LogP contribution < -0.4 is 0 Å². The van der Waals surface area contributed by atoms with Crippen molar-refractivity contribution in [2.75, 3.05) is 7.11 Å². The van der Waals surface area contributed by atoms with Crippen LogP contribution in [-0.4, -0.2) is 18.5 Å². The smallest absolute Gasteiger partial charge is 0.143 e. The Balaban J connectivity index is -0.00000112. The minimum absolute atomic E-state index is 0.203. The summed E-state index contributed by atoms with van der Waals surface area (Å²) in [5.74, 6) is 0. The minimum Gasteiger partial charge on any atom is -0.400 e. The van der Waals surface area contributed by atoms with Crippen molar-refractivity contribution in [3.05, 3.63) is 58.7 Å².